The standard InChI is InChI=1S/C13H5BrFN3O2/c14-7-3-6(1-2-8(7)15)9-12(4-16)10(19)18-11(20)13(9,12)5-17/h1-3,9H,(H,18,19,20)/t9?,12-,13+. The van der Waals surface area contributed by atoms with Crippen LogP contribution in [0.15, 0.2) is 22.7 Å². The van der Waals surface area contributed by atoms with E-state index in [2.05, 4.69) is 15.9 Å². The number of nitrogens with zero attached hydrogens (tertiary/aromatic N) is 2. The fraction of sp³-hybridized carbons (Fsp3) is 0.231. The summed E-state index contributed by atoms with van der Waals surface area (Å²) in [5.41, 5.74) is -3.02. The van der Waals surface area contributed by atoms with Crippen molar-refractivity contribution in [2.24, 2.45) is 10.8 Å². The summed E-state index contributed by atoms with van der Waals surface area (Å²) in [6.07, 6.45) is 0. The maximum Gasteiger partial charge on any atom is 0.250 e. The Kier molecular flexibility index (Phi) is 2.33. The van der Waals surface area contributed by atoms with E-state index in [9.17, 15) is 24.5 Å². The molecule has 1 saturated carbocycles. The van der Waals surface area contributed by atoms with E-state index in [0.717, 1.165) is 6.07 Å². The lowest BCUT2D eigenvalue weighted by Crippen LogP contribution is -2.31. The molecular formula is C13H5BrFN3O2. The molecule has 3 rings (SSSR count). The van der Waals surface area contributed by atoms with Gasteiger partial charge in [0.05, 0.1) is 16.6 Å². The van der Waals surface area contributed by atoms with E-state index in [1.165, 1.54) is 12.1 Å². The van der Waals surface area contributed by atoms with Crippen LogP contribution in [0.2, 0.25) is 0 Å². The zero-order valence-electron chi connectivity index (χ0n) is 9.78. The molecule has 1 unspecified atom stereocenters. The van der Waals surface area contributed by atoms with Gasteiger partial charge >= 0.3 is 0 Å². The Morgan fingerprint density at radius 2 is 1.75 bits per heavy atom. The third kappa shape index (κ3) is 1.10. The highest BCUT2D eigenvalue weighted by molar-refractivity contribution is 9.10. The first-order valence-electron chi connectivity index (χ1n) is 5.59. The molecule has 0 radical (unpaired) electrons. The quantitative estimate of drug-likeness (QED) is 0.785. The van der Waals surface area contributed by atoms with Crippen LogP contribution >= 0.6 is 15.9 Å². The van der Waals surface area contributed by atoms with E-state index in [-0.39, 0.29) is 4.47 Å². The summed E-state index contributed by atoms with van der Waals surface area (Å²) < 4.78 is 13.4. The van der Waals surface area contributed by atoms with Gasteiger partial charge in [0.2, 0.25) is 11.8 Å². The Hall–Kier alpha value is -2.25. The number of nitrogens with one attached hydrogen (secondary N) is 1. The van der Waals surface area contributed by atoms with E-state index in [1.54, 1.807) is 12.1 Å². The third-order valence-corrected chi connectivity index (χ3v) is 4.59. The Morgan fingerprint density at radius 1 is 1.20 bits per heavy atom. The Morgan fingerprint density at radius 3 is 2.20 bits per heavy atom. The van der Waals surface area contributed by atoms with Crippen molar-refractivity contribution in [3.05, 3.63) is 34.1 Å². The number of halogens is 2. The molecule has 1 aliphatic heterocycles. The molecule has 5 nitrogen and oxygen atoms in total. The summed E-state index contributed by atoms with van der Waals surface area (Å²) in [6, 6.07) is 7.53. The number of piperidine rings is 1. The van der Waals surface area contributed by atoms with Crippen LogP contribution in [0.5, 0.6) is 0 Å². The molecule has 1 aromatic rings. The van der Waals surface area contributed by atoms with E-state index in [0.29, 0.717) is 5.56 Å². The number of carbonyl (C=O) groups is 2. The number of imide groups is 1. The van der Waals surface area contributed by atoms with E-state index in [1.807, 2.05) is 5.32 Å². The molecule has 7 heteroatoms. The van der Waals surface area contributed by atoms with Gasteiger partial charge in [0.15, 0.2) is 10.8 Å². The van der Waals surface area contributed by atoms with Crippen molar-refractivity contribution in [2.45, 2.75) is 5.92 Å². The molecule has 0 spiro atoms. The van der Waals surface area contributed by atoms with Crippen molar-refractivity contribution in [3.63, 3.8) is 0 Å². The number of fused-ring (bicyclic) bond motifs is 1. The smallest absolute Gasteiger partial charge is 0.250 e. The molecule has 98 valence electrons. The van der Waals surface area contributed by atoms with Gasteiger partial charge in [0, 0.05) is 5.92 Å². The molecule has 0 bridgehead atoms. The maximum absolute atomic E-state index is 13.3. The molecule has 2 aliphatic rings. The molecule has 1 N–H and O–H groups in total. The monoisotopic (exact) mass is 333 g/mol. The van der Waals surface area contributed by atoms with Gasteiger partial charge in [-0.25, -0.2) is 4.39 Å². The fourth-order valence-electron chi connectivity index (χ4n) is 2.99. The van der Waals surface area contributed by atoms with Crippen molar-refractivity contribution < 1.29 is 14.0 Å². The average molecular weight is 334 g/mol. The van der Waals surface area contributed by atoms with Gasteiger partial charge in [-0.2, -0.15) is 10.5 Å². The van der Waals surface area contributed by atoms with Gasteiger partial charge in [0.1, 0.15) is 5.82 Å². The second kappa shape index (κ2) is 3.65. The molecule has 1 aromatic carbocycles. The van der Waals surface area contributed by atoms with Gasteiger partial charge in [-0.15, -0.1) is 0 Å². The molecule has 2 fully saturated rings. The van der Waals surface area contributed by atoms with Crippen molar-refractivity contribution in [2.75, 3.05) is 0 Å². The third-order valence-electron chi connectivity index (χ3n) is 3.98. The lowest BCUT2D eigenvalue weighted by atomic mass is 9.98. The highest BCUT2D eigenvalue weighted by atomic mass is 79.9. The largest absolute Gasteiger partial charge is 0.293 e. The second-order valence-corrected chi connectivity index (χ2v) is 5.58. The topological polar surface area (TPSA) is 93.8 Å². The first-order valence-corrected chi connectivity index (χ1v) is 6.38. The van der Waals surface area contributed by atoms with Crippen molar-refractivity contribution >= 4 is 27.7 Å². The minimum atomic E-state index is -1.71. The van der Waals surface area contributed by atoms with Gasteiger partial charge < -0.3 is 0 Å². The summed E-state index contributed by atoms with van der Waals surface area (Å²) in [5, 5.41) is 20.6. The zero-order chi connectivity index (χ0) is 14.7. The lowest BCUT2D eigenvalue weighted by Gasteiger charge is -2.08. The van der Waals surface area contributed by atoms with E-state index < -0.39 is 34.4 Å². The van der Waals surface area contributed by atoms with Crippen LogP contribution in [0.3, 0.4) is 0 Å². The van der Waals surface area contributed by atoms with Gasteiger partial charge in [-0.1, -0.05) is 6.07 Å². The van der Waals surface area contributed by atoms with Crippen LogP contribution in [0.1, 0.15) is 11.5 Å². The second-order valence-electron chi connectivity index (χ2n) is 4.73. The average Bonchev–Trinajstić information content (AvgIpc) is 2.99. The van der Waals surface area contributed by atoms with Crippen LogP contribution in [0.4, 0.5) is 4.39 Å². The number of rotatable bonds is 1. The molecule has 0 aromatic heterocycles. The fourth-order valence-corrected chi connectivity index (χ4v) is 3.39. The van der Waals surface area contributed by atoms with Crippen LogP contribution in [-0.2, 0) is 9.59 Å². The summed E-state index contributed by atoms with van der Waals surface area (Å²) >= 11 is 3.00. The van der Waals surface area contributed by atoms with E-state index >= 15 is 0 Å². The molecule has 1 saturated heterocycles. The molecule has 3 atom stereocenters. The molecule has 1 heterocycles. The number of hydrogen-bond acceptors (Lipinski definition) is 4. The number of carbonyl (C=O) groups excluding carboxylic acids is 2. The van der Waals surface area contributed by atoms with Gasteiger partial charge in [0.25, 0.3) is 0 Å². The molecule has 20 heavy (non-hydrogen) atoms. The van der Waals surface area contributed by atoms with Gasteiger partial charge in [-0.05, 0) is 33.6 Å². The zero-order valence-corrected chi connectivity index (χ0v) is 11.4. The van der Waals surface area contributed by atoms with Crippen LogP contribution in [0.25, 0.3) is 0 Å². The van der Waals surface area contributed by atoms with Crippen LogP contribution in [0, 0.1) is 39.3 Å². The summed E-state index contributed by atoms with van der Waals surface area (Å²) in [7, 11) is 0. The maximum atomic E-state index is 13.3. The van der Waals surface area contributed by atoms with Gasteiger partial charge in [-0.3, -0.25) is 14.9 Å². The Labute approximate surface area is 121 Å². The minimum absolute atomic E-state index is 0.147. The predicted octanol–water partition coefficient (Wildman–Crippen LogP) is 1.36. The normalized spacial score (nSPS) is 33.9. The van der Waals surface area contributed by atoms with Crippen LogP contribution < -0.4 is 5.32 Å². The molecule has 1 aliphatic carbocycles. The minimum Gasteiger partial charge on any atom is -0.293 e. The number of nitriles is 2. The molecular weight excluding hydrogens is 329 g/mol. The van der Waals surface area contributed by atoms with Crippen molar-refractivity contribution in [3.8, 4) is 12.1 Å². The number of amides is 2. The van der Waals surface area contributed by atoms with Crippen molar-refractivity contribution in [1.82, 2.24) is 5.32 Å². The Balaban J connectivity index is 2.20. The van der Waals surface area contributed by atoms with Crippen molar-refractivity contribution in [1.29, 1.82) is 10.5 Å². The number of benzene rings is 1. The highest BCUT2D eigenvalue weighted by Crippen LogP contribution is 2.76. The molecule has 2 amide bonds. The van der Waals surface area contributed by atoms with E-state index in [4.69, 9.17) is 0 Å². The first kappa shape index (κ1) is 12.8. The predicted molar refractivity (Wildman–Crippen MR) is 66.1 cm³/mol. The Bertz CT molecular complexity index is 728. The summed E-state index contributed by atoms with van der Waals surface area (Å²) in [5.74, 6) is -2.91. The van der Waals surface area contributed by atoms with Crippen LogP contribution in [-0.4, -0.2) is 11.8 Å². The first-order chi connectivity index (χ1) is 9.45. The SMILES string of the molecule is N#C[C@@]12C(=O)NC(=O)[C@]1(C#N)C2c1ccc(F)c(Br)c1. The highest BCUT2D eigenvalue weighted by Gasteiger charge is 2.90. The number of hydrogen-bond donors (Lipinski definition) is 1. The summed E-state index contributed by atoms with van der Waals surface area (Å²) in [4.78, 5) is 23.8. The summed E-state index contributed by atoms with van der Waals surface area (Å²) in [6.45, 7) is 0. The lowest BCUT2D eigenvalue weighted by molar-refractivity contribution is -0.128.